The largest absolute Gasteiger partial charge is 0.364 e. The average Bonchev–Trinajstić information content (AvgIpc) is 2.98. The van der Waals surface area contributed by atoms with Crippen molar-refractivity contribution in [2.75, 3.05) is 13.8 Å². The van der Waals surface area contributed by atoms with Crippen molar-refractivity contribution in [1.82, 2.24) is 15.5 Å². The van der Waals surface area contributed by atoms with Crippen molar-refractivity contribution in [3.05, 3.63) is 12.0 Å². The normalized spacial score (nSPS) is 23.7. The van der Waals surface area contributed by atoms with Crippen molar-refractivity contribution in [3.63, 3.8) is 0 Å². The van der Waals surface area contributed by atoms with Crippen LogP contribution in [0, 0.1) is 5.92 Å². The van der Waals surface area contributed by atoms with Crippen molar-refractivity contribution in [2.24, 2.45) is 5.92 Å². The number of nitrogens with zero attached hydrogens (tertiary/aromatic N) is 1. The number of aldehydes is 1. The van der Waals surface area contributed by atoms with Gasteiger partial charge in [-0.25, -0.2) is 0 Å². The molecule has 18 heavy (non-hydrogen) atoms. The van der Waals surface area contributed by atoms with E-state index in [1.54, 1.807) is 18.2 Å². The first-order valence-corrected chi connectivity index (χ1v) is 6.24. The van der Waals surface area contributed by atoms with E-state index < -0.39 is 6.17 Å². The minimum absolute atomic E-state index is 0.0372. The quantitative estimate of drug-likeness (QED) is 0.681. The van der Waals surface area contributed by atoms with Crippen molar-refractivity contribution in [3.8, 4) is 0 Å². The molecule has 6 nitrogen and oxygen atoms in total. The third kappa shape index (κ3) is 2.81. The lowest BCUT2D eigenvalue weighted by atomic mass is 10.1. The number of nitrogens with one attached hydrogen (secondary N) is 2. The molecule has 1 aliphatic heterocycles. The van der Waals surface area contributed by atoms with Crippen LogP contribution in [0.2, 0.25) is 0 Å². The molecule has 2 rings (SSSR count). The van der Waals surface area contributed by atoms with E-state index in [4.69, 9.17) is 4.74 Å². The lowest BCUT2D eigenvalue weighted by Crippen LogP contribution is -2.41. The number of carbonyl (C=O) groups is 2. The molecule has 0 aromatic rings. The predicted octanol–water partition coefficient (Wildman–Crippen LogP) is 0.126. The van der Waals surface area contributed by atoms with Gasteiger partial charge in [-0.2, -0.15) is 0 Å². The summed E-state index contributed by atoms with van der Waals surface area (Å²) in [5.41, 5.74) is 0. The number of hydrogen-bond acceptors (Lipinski definition) is 5. The molecule has 1 fully saturated rings. The molecule has 2 aliphatic rings. The molecule has 1 aliphatic carbocycles. The first-order chi connectivity index (χ1) is 8.74. The number of amides is 1. The summed E-state index contributed by atoms with van der Waals surface area (Å²) in [6, 6.07) is 0. The molecule has 1 unspecified atom stereocenters. The van der Waals surface area contributed by atoms with E-state index in [2.05, 4.69) is 10.6 Å². The van der Waals surface area contributed by atoms with Crippen LogP contribution in [0.3, 0.4) is 0 Å². The van der Waals surface area contributed by atoms with E-state index in [0.717, 1.165) is 32.0 Å². The fourth-order valence-corrected chi connectivity index (χ4v) is 2.40. The van der Waals surface area contributed by atoms with Crippen LogP contribution >= 0.6 is 0 Å². The molecule has 1 atom stereocenters. The third-order valence-corrected chi connectivity index (χ3v) is 3.35. The van der Waals surface area contributed by atoms with E-state index in [0.29, 0.717) is 12.6 Å². The number of methoxy groups -OCH3 is 1. The van der Waals surface area contributed by atoms with Crippen LogP contribution in [0.25, 0.3) is 0 Å². The van der Waals surface area contributed by atoms with Gasteiger partial charge in [0.1, 0.15) is 12.6 Å². The molecule has 0 aromatic heterocycles. The van der Waals surface area contributed by atoms with Gasteiger partial charge in [0.25, 0.3) is 0 Å². The summed E-state index contributed by atoms with van der Waals surface area (Å²) in [7, 11) is 1.56. The highest BCUT2D eigenvalue weighted by atomic mass is 16.5. The zero-order valence-electron chi connectivity index (χ0n) is 10.5. The predicted molar refractivity (Wildman–Crippen MR) is 64.9 cm³/mol. The van der Waals surface area contributed by atoms with Crippen LogP contribution in [0.15, 0.2) is 12.0 Å². The van der Waals surface area contributed by atoms with Crippen molar-refractivity contribution < 1.29 is 14.3 Å². The number of hydrogen-bond donors (Lipinski definition) is 2. The Balaban J connectivity index is 1.90. The second-order valence-corrected chi connectivity index (χ2v) is 4.67. The molecule has 0 radical (unpaired) electrons. The Hall–Kier alpha value is -1.56. The molecule has 6 heteroatoms. The molecule has 1 amide bonds. The molecular formula is C12H19N3O3. The summed E-state index contributed by atoms with van der Waals surface area (Å²) in [6.45, 7) is 0.305. The van der Waals surface area contributed by atoms with Crippen molar-refractivity contribution >= 4 is 12.2 Å². The maximum Gasteiger partial charge on any atom is 0.228 e. The Morgan fingerprint density at radius 3 is 2.94 bits per heavy atom. The van der Waals surface area contributed by atoms with Crippen LogP contribution < -0.4 is 10.6 Å². The Kier molecular flexibility index (Phi) is 4.19. The molecule has 0 saturated heterocycles. The molecule has 2 N–H and O–H groups in total. The molecular weight excluding hydrogens is 234 g/mol. The third-order valence-electron chi connectivity index (χ3n) is 3.35. The lowest BCUT2D eigenvalue weighted by molar-refractivity contribution is -0.124. The monoisotopic (exact) mass is 253 g/mol. The zero-order valence-corrected chi connectivity index (χ0v) is 10.5. The highest BCUT2D eigenvalue weighted by Crippen LogP contribution is 2.25. The summed E-state index contributed by atoms with van der Waals surface area (Å²) in [4.78, 5) is 24.5. The van der Waals surface area contributed by atoms with E-state index in [-0.39, 0.29) is 11.8 Å². The summed E-state index contributed by atoms with van der Waals surface area (Å²) < 4.78 is 4.98. The molecule has 100 valence electrons. The van der Waals surface area contributed by atoms with E-state index in [1.165, 1.54) is 0 Å². The summed E-state index contributed by atoms with van der Waals surface area (Å²) in [6.07, 6.45) is 6.17. The highest BCUT2D eigenvalue weighted by Gasteiger charge is 2.27. The average molecular weight is 253 g/mol. The van der Waals surface area contributed by atoms with Gasteiger partial charge < -0.3 is 20.3 Å². The first kappa shape index (κ1) is 12.9. The van der Waals surface area contributed by atoms with Crippen LogP contribution in [0.4, 0.5) is 0 Å². The number of carbonyl (C=O) groups excluding carboxylic acids is 2. The summed E-state index contributed by atoms with van der Waals surface area (Å²) in [5, 5.41) is 5.77. The fourth-order valence-electron chi connectivity index (χ4n) is 2.40. The van der Waals surface area contributed by atoms with Gasteiger partial charge in [0.05, 0.1) is 0 Å². The Morgan fingerprint density at radius 1 is 1.61 bits per heavy atom. The summed E-state index contributed by atoms with van der Waals surface area (Å²) >= 11 is 0. The van der Waals surface area contributed by atoms with E-state index in [9.17, 15) is 9.59 Å². The van der Waals surface area contributed by atoms with Crippen molar-refractivity contribution in [2.45, 2.75) is 31.8 Å². The maximum absolute atomic E-state index is 11.9. The molecule has 1 saturated carbocycles. The van der Waals surface area contributed by atoms with Gasteiger partial charge >= 0.3 is 0 Å². The number of rotatable bonds is 5. The van der Waals surface area contributed by atoms with Gasteiger partial charge in [0.15, 0.2) is 12.5 Å². The minimum Gasteiger partial charge on any atom is -0.364 e. The lowest BCUT2D eigenvalue weighted by Gasteiger charge is -2.18. The van der Waals surface area contributed by atoms with Crippen LogP contribution in [0.1, 0.15) is 25.7 Å². The fraction of sp³-hybridized carbons (Fsp3) is 0.667. The van der Waals surface area contributed by atoms with Gasteiger partial charge in [-0.15, -0.1) is 0 Å². The van der Waals surface area contributed by atoms with Crippen LogP contribution in [-0.2, 0) is 14.3 Å². The first-order valence-electron chi connectivity index (χ1n) is 6.24. The molecule has 0 spiro atoms. The summed E-state index contributed by atoms with van der Waals surface area (Å²) in [5.74, 6) is 0.718. The minimum atomic E-state index is -0.469. The highest BCUT2D eigenvalue weighted by molar-refractivity contribution is 5.80. The Labute approximate surface area is 106 Å². The van der Waals surface area contributed by atoms with Crippen LogP contribution in [0.5, 0.6) is 0 Å². The van der Waals surface area contributed by atoms with E-state index in [1.807, 2.05) is 0 Å². The van der Waals surface area contributed by atoms with Gasteiger partial charge in [-0.05, 0) is 12.8 Å². The second-order valence-electron chi connectivity index (χ2n) is 4.67. The van der Waals surface area contributed by atoms with Crippen LogP contribution in [-0.4, -0.2) is 37.1 Å². The smallest absolute Gasteiger partial charge is 0.228 e. The topological polar surface area (TPSA) is 70.7 Å². The Morgan fingerprint density at radius 2 is 2.33 bits per heavy atom. The molecule has 0 aromatic carbocycles. The standard InChI is InChI=1S/C12H19N3O3/c1-18-8-15-6-10(13-11(15)7-16)14-12(17)9-4-2-3-5-9/h6-7,9,11,13H,2-5,8H2,1H3,(H,14,17). The van der Waals surface area contributed by atoms with Crippen molar-refractivity contribution in [1.29, 1.82) is 0 Å². The molecule has 0 bridgehead atoms. The maximum atomic E-state index is 11.9. The second kappa shape index (κ2) is 5.86. The van der Waals surface area contributed by atoms with Gasteiger partial charge in [0, 0.05) is 19.2 Å². The molecule has 1 heterocycles. The zero-order chi connectivity index (χ0) is 13.0. The SMILES string of the molecule is COCN1C=C(NC(=O)C2CCCC2)NC1C=O. The van der Waals surface area contributed by atoms with E-state index >= 15 is 0 Å². The van der Waals surface area contributed by atoms with Gasteiger partial charge in [-0.1, -0.05) is 12.8 Å². The Bertz CT molecular complexity index is 350. The van der Waals surface area contributed by atoms with Gasteiger partial charge in [-0.3, -0.25) is 9.59 Å². The number of ether oxygens (including phenoxy) is 1. The van der Waals surface area contributed by atoms with Gasteiger partial charge in [0.2, 0.25) is 5.91 Å².